The van der Waals surface area contributed by atoms with Crippen LogP contribution >= 0.6 is 0 Å². The zero-order valence-corrected chi connectivity index (χ0v) is 13.6. The van der Waals surface area contributed by atoms with Crippen LogP contribution in [0.3, 0.4) is 0 Å². The van der Waals surface area contributed by atoms with Crippen LogP contribution in [0, 0.1) is 6.92 Å². The summed E-state index contributed by atoms with van der Waals surface area (Å²) in [5, 5.41) is 2.81. The average Bonchev–Trinajstić information content (AvgIpc) is 2.94. The van der Waals surface area contributed by atoms with Crippen molar-refractivity contribution in [3.05, 3.63) is 59.0 Å². The number of carbonyl (C=O) groups excluding carboxylic acids is 2. The molecule has 0 aliphatic rings. The topological polar surface area (TPSA) is 68.5 Å². The van der Waals surface area contributed by atoms with Gasteiger partial charge in [0.2, 0.25) is 5.91 Å². The summed E-state index contributed by atoms with van der Waals surface area (Å²) < 4.78 is 10.1. The van der Waals surface area contributed by atoms with Gasteiger partial charge in [-0.15, -0.1) is 0 Å². The fraction of sp³-hybridized carbons (Fsp3) is 0.333. The van der Waals surface area contributed by atoms with E-state index in [4.69, 9.17) is 4.42 Å². The molecule has 0 radical (unpaired) electrons. The smallest absolute Gasteiger partial charge is 0.341 e. The molecular formula is C18H21NO4. The summed E-state index contributed by atoms with van der Waals surface area (Å²) >= 11 is 0. The molecule has 1 aromatic heterocycles. The number of esters is 1. The minimum atomic E-state index is -0.443. The summed E-state index contributed by atoms with van der Waals surface area (Å²) in [5.74, 6) is 0.652. The number of carbonyl (C=O) groups is 2. The van der Waals surface area contributed by atoms with Crippen molar-refractivity contribution in [2.45, 2.75) is 32.7 Å². The van der Waals surface area contributed by atoms with Crippen molar-refractivity contribution in [2.24, 2.45) is 0 Å². The first-order chi connectivity index (χ1) is 11.0. The molecule has 5 heteroatoms. The molecule has 2 aromatic rings. The Balaban J connectivity index is 1.88. The molecule has 0 spiro atoms. The van der Waals surface area contributed by atoms with Crippen LogP contribution in [-0.4, -0.2) is 19.0 Å². The van der Waals surface area contributed by atoms with E-state index in [1.54, 1.807) is 13.0 Å². The molecule has 23 heavy (non-hydrogen) atoms. The molecule has 0 bridgehead atoms. The predicted octanol–water partition coefficient (Wildman–Crippen LogP) is 3.18. The Kier molecular flexibility index (Phi) is 5.57. The maximum Gasteiger partial charge on any atom is 0.341 e. The average molecular weight is 315 g/mol. The van der Waals surface area contributed by atoms with Crippen LogP contribution in [0.1, 0.15) is 46.7 Å². The van der Waals surface area contributed by atoms with Gasteiger partial charge in [0, 0.05) is 6.42 Å². The molecule has 1 atom stereocenters. The third-order valence-corrected chi connectivity index (χ3v) is 3.69. The van der Waals surface area contributed by atoms with Crippen LogP contribution in [0.25, 0.3) is 0 Å². The Labute approximate surface area is 135 Å². The molecule has 1 unspecified atom stereocenters. The lowest BCUT2D eigenvalue weighted by Crippen LogP contribution is -2.23. The van der Waals surface area contributed by atoms with E-state index >= 15 is 0 Å². The van der Waals surface area contributed by atoms with Crippen molar-refractivity contribution in [3.8, 4) is 0 Å². The van der Waals surface area contributed by atoms with Crippen molar-refractivity contribution >= 4 is 11.9 Å². The molecule has 0 fully saturated rings. The number of methoxy groups -OCH3 is 1. The van der Waals surface area contributed by atoms with Crippen LogP contribution in [0.2, 0.25) is 0 Å². The number of amides is 1. The number of nitrogens with one attached hydrogen (secondary N) is 1. The Bertz CT molecular complexity index is 676. The minimum absolute atomic E-state index is 0.0602. The van der Waals surface area contributed by atoms with Gasteiger partial charge in [-0.3, -0.25) is 4.79 Å². The quantitative estimate of drug-likeness (QED) is 0.831. The molecule has 0 aliphatic heterocycles. The first-order valence-electron chi connectivity index (χ1n) is 7.50. The van der Waals surface area contributed by atoms with Gasteiger partial charge < -0.3 is 14.5 Å². The van der Waals surface area contributed by atoms with Crippen molar-refractivity contribution in [1.29, 1.82) is 0 Å². The Hall–Kier alpha value is -2.56. The Morgan fingerprint density at radius 1 is 1.26 bits per heavy atom. The molecule has 1 aromatic carbocycles. The van der Waals surface area contributed by atoms with Crippen molar-refractivity contribution in [1.82, 2.24) is 5.32 Å². The maximum atomic E-state index is 12.0. The van der Waals surface area contributed by atoms with Gasteiger partial charge in [0.25, 0.3) is 0 Å². The summed E-state index contributed by atoms with van der Waals surface area (Å²) in [6.45, 7) is 3.95. The minimum Gasteiger partial charge on any atom is -0.465 e. The summed E-state index contributed by atoms with van der Waals surface area (Å²) in [4.78, 5) is 23.6. The van der Waals surface area contributed by atoms with Gasteiger partial charge in [-0.05, 0) is 24.5 Å². The SMILES string of the molecule is COC(=O)c1cc(CNC(=O)CC(C)c2ccccc2)oc1C. The second-order valence-electron chi connectivity index (χ2n) is 5.47. The fourth-order valence-electron chi connectivity index (χ4n) is 2.38. The Morgan fingerprint density at radius 2 is 1.96 bits per heavy atom. The second-order valence-corrected chi connectivity index (χ2v) is 5.47. The highest BCUT2D eigenvalue weighted by Crippen LogP contribution is 2.19. The van der Waals surface area contributed by atoms with Crippen LogP contribution < -0.4 is 5.32 Å². The standard InChI is InChI=1S/C18H21NO4/c1-12(14-7-5-4-6-8-14)9-17(20)19-11-15-10-16(13(2)23-15)18(21)22-3/h4-8,10,12H,9,11H2,1-3H3,(H,19,20). The van der Waals surface area contributed by atoms with E-state index in [1.165, 1.54) is 7.11 Å². The summed E-state index contributed by atoms with van der Waals surface area (Å²) in [5.41, 5.74) is 1.51. The molecule has 0 saturated carbocycles. The lowest BCUT2D eigenvalue weighted by molar-refractivity contribution is -0.121. The molecule has 1 N–H and O–H groups in total. The number of ether oxygens (including phenoxy) is 1. The number of hydrogen-bond acceptors (Lipinski definition) is 4. The zero-order chi connectivity index (χ0) is 16.8. The van der Waals surface area contributed by atoms with E-state index < -0.39 is 5.97 Å². The van der Waals surface area contributed by atoms with Crippen LogP contribution in [0.15, 0.2) is 40.8 Å². The first kappa shape index (κ1) is 16.8. The molecule has 0 aliphatic carbocycles. The second kappa shape index (κ2) is 7.63. The lowest BCUT2D eigenvalue weighted by Gasteiger charge is -2.11. The summed E-state index contributed by atoms with van der Waals surface area (Å²) in [6.07, 6.45) is 0.396. The fourth-order valence-corrected chi connectivity index (χ4v) is 2.38. The summed E-state index contributed by atoms with van der Waals surface area (Å²) in [6, 6.07) is 11.5. The van der Waals surface area contributed by atoms with Crippen molar-refractivity contribution in [3.63, 3.8) is 0 Å². The largest absolute Gasteiger partial charge is 0.465 e. The summed E-state index contributed by atoms with van der Waals surface area (Å²) in [7, 11) is 1.32. The lowest BCUT2D eigenvalue weighted by atomic mass is 9.98. The number of aryl methyl sites for hydroxylation is 1. The monoisotopic (exact) mass is 315 g/mol. The zero-order valence-electron chi connectivity index (χ0n) is 13.6. The van der Waals surface area contributed by atoms with Gasteiger partial charge in [-0.25, -0.2) is 4.79 Å². The highest BCUT2D eigenvalue weighted by atomic mass is 16.5. The van der Waals surface area contributed by atoms with Crippen molar-refractivity contribution < 1.29 is 18.7 Å². The van der Waals surface area contributed by atoms with Gasteiger partial charge >= 0.3 is 5.97 Å². The molecular weight excluding hydrogens is 294 g/mol. The third kappa shape index (κ3) is 4.45. The van der Waals surface area contributed by atoms with Crippen LogP contribution in [0.4, 0.5) is 0 Å². The van der Waals surface area contributed by atoms with E-state index in [-0.39, 0.29) is 18.4 Å². The molecule has 0 saturated heterocycles. The van der Waals surface area contributed by atoms with E-state index in [9.17, 15) is 9.59 Å². The number of hydrogen-bond donors (Lipinski definition) is 1. The molecule has 1 heterocycles. The van der Waals surface area contributed by atoms with Gasteiger partial charge in [-0.2, -0.15) is 0 Å². The number of rotatable bonds is 6. The van der Waals surface area contributed by atoms with E-state index in [1.807, 2.05) is 37.3 Å². The predicted molar refractivity (Wildman–Crippen MR) is 86.1 cm³/mol. The Morgan fingerprint density at radius 3 is 2.61 bits per heavy atom. The first-order valence-corrected chi connectivity index (χ1v) is 7.50. The van der Waals surface area contributed by atoms with Crippen molar-refractivity contribution in [2.75, 3.05) is 7.11 Å². The van der Waals surface area contributed by atoms with Gasteiger partial charge in [0.15, 0.2) is 0 Å². The number of furan rings is 1. The van der Waals surface area contributed by atoms with E-state index in [0.29, 0.717) is 23.5 Å². The molecule has 5 nitrogen and oxygen atoms in total. The third-order valence-electron chi connectivity index (χ3n) is 3.69. The van der Waals surface area contributed by atoms with Gasteiger partial charge in [0.1, 0.15) is 17.1 Å². The highest BCUT2D eigenvalue weighted by molar-refractivity contribution is 5.90. The van der Waals surface area contributed by atoms with Crippen LogP contribution in [-0.2, 0) is 16.1 Å². The highest BCUT2D eigenvalue weighted by Gasteiger charge is 2.16. The molecule has 122 valence electrons. The van der Waals surface area contributed by atoms with E-state index in [0.717, 1.165) is 5.56 Å². The maximum absolute atomic E-state index is 12.0. The van der Waals surface area contributed by atoms with E-state index in [2.05, 4.69) is 10.1 Å². The molecule has 2 rings (SSSR count). The van der Waals surface area contributed by atoms with Crippen LogP contribution in [0.5, 0.6) is 0 Å². The molecule has 1 amide bonds. The van der Waals surface area contributed by atoms with Gasteiger partial charge in [0.05, 0.1) is 13.7 Å². The van der Waals surface area contributed by atoms with Gasteiger partial charge in [-0.1, -0.05) is 37.3 Å². The number of benzene rings is 1. The normalized spacial score (nSPS) is 11.8.